The Labute approximate surface area is 116 Å². The highest BCUT2D eigenvalue weighted by Crippen LogP contribution is 2.30. The number of hydrogen-bond donors (Lipinski definition) is 0. The molecule has 0 aliphatic carbocycles. The Bertz CT molecular complexity index is 592. The number of carbonyl (C=O) groups is 1. The lowest BCUT2D eigenvalue weighted by Crippen LogP contribution is -2.34. The van der Waals surface area contributed by atoms with Crippen LogP contribution in [0.4, 0.5) is 0 Å². The highest BCUT2D eigenvalue weighted by molar-refractivity contribution is 5.74. The van der Waals surface area contributed by atoms with Crippen LogP contribution in [0.3, 0.4) is 0 Å². The zero-order valence-corrected chi connectivity index (χ0v) is 10.8. The Kier molecular flexibility index (Phi) is 3.54. The molecule has 20 heavy (non-hydrogen) atoms. The third-order valence-electron chi connectivity index (χ3n) is 3.02. The van der Waals surface area contributed by atoms with Crippen molar-refractivity contribution in [2.24, 2.45) is 0 Å². The first-order valence-corrected chi connectivity index (χ1v) is 6.42. The molecule has 1 aliphatic rings. The molecule has 0 saturated carbocycles. The van der Waals surface area contributed by atoms with Gasteiger partial charge in [-0.15, -0.1) is 0 Å². The van der Waals surface area contributed by atoms with E-state index in [2.05, 4.69) is 0 Å². The van der Waals surface area contributed by atoms with E-state index < -0.39 is 0 Å². The first-order chi connectivity index (χ1) is 9.85. The molecule has 0 bridgehead atoms. The maximum absolute atomic E-state index is 10.6. The summed E-state index contributed by atoms with van der Waals surface area (Å²) >= 11 is 0. The van der Waals surface area contributed by atoms with Crippen LogP contribution in [-0.2, 0) is 0 Å². The van der Waals surface area contributed by atoms with E-state index in [0.717, 1.165) is 17.8 Å². The molecule has 0 N–H and O–H groups in total. The van der Waals surface area contributed by atoms with Crippen molar-refractivity contribution in [1.29, 1.82) is 0 Å². The molecule has 1 atom stereocenters. The number of aldehydes is 1. The summed E-state index contributed by atoms with van der Waals surface area (Å²) in [6.45, 7) is 0.859. The van der Waals surface area contributed by atoms with Gasteiger partial charge in [0.25, 0.3) is 0 Å². The second-order valence-electron chi connectivity index (χ2n) is 4.50. The largest absolute Gasteiger partial charge is 0.490 e. The lowest BCUT2D eigenvalue weighted by molar-refractivity contribution is 0.0535. The predicted octanol–water partition coefficient (Wildman–Crippen LogP) is 2.72. The maximum atomic E-state index is 10.6. The van der Waals surface area contributed by atoms with E-state index in [-0.39, 0.29) is 6.10 Å². The fourth-order valence-corrected chi connectivity index (χ4v) is 1.98. The average molecular weight is 270 g/mol. The molecule has 1 heterocycles. The summed E-state index contributed by atoms with van der Waals surface area (Å²) in [5, 5.41) is 0. The Balaban J connectivity index is 1.58. The quantitative estimate of drug-likeness (QED) is 0.801. The third-order valence-corrected chi connectivity index (χ3v) is 3.02. The van der Waals surface area contributed by atoms with Crippen molar-refractivity contribution in [3.8, 4) is 17.2 Å². The molecule has 0 saturated heterocycles. The number of para-hydroxylation sites is 2. The SMILES string of the molecule is O=Cc1ccc(OCC2COc3ccccc3O2)cc1. The molecule has 0 fully saturated rings. The predicted molar refractivity (Wildman–Crippen MR) is 73.7 cm³/mol. The van der Waals surface area contributed by atoms with Crippen molar-refractivity contribution in [3.05, 3.63) is 54.1 Å². The van der Waals surface area contributed by atoms with Crippen LogP contribution in [-0.4, -0.2) is 25.6 Å². The summed E-state index contributed by atoms with van der Waals surface area (Å²) in [6, 6.07) is 14.5. The van der Waals surface area contributed by atoms with Crippen LogP contribution in [0.2, 0.25) is 0 Å². The molecule has 0 radical (unpaired) electrons. The molecule has 2 aromatic rings. The summed E-state index contributed by atoms with van der Waals surface area (Å²) < 4.78 is 17.0. The monoisotopic (exact) mass is 270 g/mol. The van der Waals surface area contributed by atoms with Gasteiger partial charge < -0.3 is 14.2 Å². The zero-order valence-electron chi connectivity index (χ0n) is 10.8. The van der Waals surface area contributed by atoms with Crippen molar-refractivity contribution in [3.63, 3.8) is 0 Å². The van der Waals surface area contributed by atoms with Crippen molar-refractivity contribution < 1.29 is 19.0 Å². The molecule has 0 amide bonds. The molecular formula is C16H14O4. The van der Waals surface area contributed by atoms with Crippen molar-refractivity contribution in [2.45, 2.75) is 6.10 Å². The van der Waals surface area contributed by atoms with Crippen molar-refractivity contribution >= 4 is 6.29 Å². The Morgan fingerprint density at radius 3 is 2.60 bits per heavy atom. The van der Waals surface area contributed by atoms with Gasteiger partial charge in [-0.3, -0.25) is 4.79 Å². The summed E-state index contributed by atoms with van der Waals surface area (Å²) in [5.74, 6) is 2.21. The molecule has 4 heteroatoms. The van der Waals surface area contributed by atoms with Gasteiger partial charge in [0.1, 0.15) is 25.2 Å². The number of rotatable bonds is 4. The summed E-state index contributed by atoms with van der Waals surface area (Å²) in [4.78, 5) is 10.6. The van der Waals surface area contributed by atoms with Crippen LogP contribution in [0.5, 0.6) is 17.2 Å². The first kappa shape index (κ1) is 12.5. The van der Waals surface area contributed by atoms with E-state index in [1.165, 1.54) is 0 Å². The van der Waals surface area contributed by atoms with Crippen molar-refractivity contribution in [2.75, 3.05) is 13.2 Å². The Hall–Kier alpha value is -2.49. The van der Waals surface area contributed by atoms with E-state index in [4.69, 9.17) is 14.2 Å². The van der Waals surface area contributed by atoms with Crippen LogP contribution in [0.15, 0.2) is 48.5 Å². The minimum Gasteiger partial charge on any atom is -0.490 e. The lowest BCUT2D eigenvalue weighted by Gasteiger charge is -2.26. The number of benzene rings is 2. The molecule has 1 unspecified atom stereocenters. The van der Waals surface area contributed by atoms with Crippen LogP contribution in [0.1, 0.15) is 10.4 Å². The van der Waals surface area contributed by atoms with Gasteiger partial charge in [0.15, 0.2) is 17.6 Å². The van der Waals surface area contributed by atoms with Gasteiger partial charge in [-0.05, 0) is 36.4 Å². The second-order valence-corrected chi connectivity index (χ2v) is 4.50. The maximum Gasteiger partial charge on any atom is 0.166 e. The third kappa shape index (κ3) is 2.74. The van der Waals surface area contributed by atoms with E-state index in [1.54, 1.807) is 24.3 Å². The number of ether oxygens (including phenoxy) is 3. The van der Waals surface area contributed by atoms with E-state index in [9.17, 15) is 4.79 Å². The van der Waals surface area contributed by atoms with E-state index >= 15 is 0 Å². The van der Waals surface area contributed by atoms with Gasteiger partial charge in [0.2, 0.25) is 0 Å². The van der Waals surface area contributed by atoms with E-state index in [1.807, 2.05) is 24.3 Å². The molecule has 1 aliphatic heterocycles. The highest BCUT2D eigenvalue weighted by Gasteiger charge is 2.20. The number of hydrogen-bond acceptors (Lipinski definition) is 4. The fraction of sp³-hybridized carbons (Fsp3) is 0.188. The Morgan fingerprint density at radius 2 is 1.85 bits per heavy atom. The normalized spacial score (nSPS) is 16.5. The number of carbonyl (C=O) groups excluding carboxylic acids is 1. The molecule has 2 aromatic carbocycles. The van der Waals surface area contributed by atoms with Gasteiger partial charge in [-0.25, -0.2) is 0 Å². The summed E-state index contributed by atoms with van der Waals surface area (Å²) in [6.07, 6.45) is 0.661. The minimum absolute atomic E-state index is 0.143. The summed E-state index contributed by atoms with van der Waals surface area (Å²) in [5.41, 5.74) is 0.628. The minimum atomic E-state index is -0.143. The molecule has 3 rings (SSSR count). The summed E-state index contributed by atoms with van der Waals surface area (Å²) in [7, 11) is 0. The topological polar surface area (TPSA) is 44.8 Å². The van der Waals surface area contributed by atoms with Gasteiger partial charge in [0.05, 0.1) is 0 Å². The molecule has 4 nitrogen and oxygen atoms in total. The van der Waals surface area contributed by atoms with Crippen LogP contribution < -0.4 is 14.2 Å². The van der Waals surface area contributed by atoms with Crippen LogP contribution in [0.25, 0.3) is 0 Å². The first-order valence-electron chi connectivity index (χ1n) is 6.42. The van der Waals surface area contributed by atoms with Crippen molar-refractivity contribution in [1.82, 2.24) is 0 Å². The van der Waals surface area contributed by atoms with Gasteiger partial charge in [-0.2, -0.15) is 0 Å². The van der Waals surface area contributed by atoms with Gasteiger partial charge in [-0.1, -0.05) is 12.1 Å². The standard InChI is InChI=1S/C16H14O4/c17-9-12-5-7-13(8-6-12)18-10-14-11-19-15-3-1-2-4-16(15)20-14/h1-9,14H,10-11H2. The number of fused-ring (bicyclic) bond motifs is 1. The van der Waals surface area contributed by atoms with Gasteiger partial charge in [0, 0.05) is 5.56 Å². The molecule has 0 aromatic heterocycles. The highest BCUT2D eigenvalue weighted by atomic mass is 16.6. The lowest BCUT2D eigenvalue weighted by atomic mass is 10.2. The smallest absolute Gasteiger partial charge is 0.166 e. The van der Waals surface area contributed by atoms with Crippen LogP contribution in [0, 0.1) is 0 Å². The van der Waals surface area contributed by atoms with Gasteiger partial charge >= 0.3 is 0 Å². The fourth-order valence-electron chi connectivity index (χ4n) is 1.98. The molecular weight excluding hydrogens is 256 g/mol. The second kappa shape index (κ2) is 5.65. The Morgan fingerprint density at radius 1 is 1.10 bits per heavy atom. The molecule has 102 valence electrons. The zero-order chi connectivity index (χ0) is 13.8. The van der Waals surface area contributed by atoms with E-state index in [0.29, 0.717) is 24.5 Å². The molecule has 0 spiro atoms. The van der Waals surface area contributed by atoms with Crippen LogP contribution >= 0.6 is 0 Å². The average Bonchev–Trinajstić information content (AvgIpc) is 2.53.